The molecule has 0 radical (unpaired) electrons. The SMILES string of the molecule is CCNc1nc(SCCN(C)C)nc(-n2cncn2)n1. The van der Waals surface area contributed by atoms with Gasteiger partial charge in [0.15, 0.2) is 5.16 Å². The van der Waals surface area contributed by atoms with E-state index in [0.717, 1.165) is 18.8 Å². The van der Waals surface area contributed by atoms with Crippen LogP contribution in [0, 0.1) is 0 Å². The molecule has 0 amide bonds. The zero-order valence-corrected chi connectivity index (χ0v) is 12.6. The van der Waals surface area contributed by atoms with E-state index in [4.69, 9.17) is 0 Å². The molecule has 0 atom stereocenters. The van der Waals surface area contributed by atoms with Crippen molar-refractivity contribution in [1.82, 2.24) is 34.6 Å². The number of rotatable bonds is 7. The van der Waals surface area contributed by atoms with E-state index in [1.807, 2.05) is 21.0 Å². The molecule has 2 heterocycles. The van der Waals surface area contributed by atoms with Gasteiger partial charge in [-0.15, -0.1) is 0 Å². The molecule has 2 rings (SSSR count). The van der Waals surface area contributed by atoms with Gasteiger partial charge in [0.25, 0.3) is 5.95 Å². The molecule has 0 aliphatic heterocycles. The van der Waals surface area contributed by atoms with Gasteiger partial charge in [-0.25, -0.2) is 4.98 Å². The Morgan fingerprint density at radius 2 is 2.15 bits per heavy atom. The minimum Gasteiger partial charge on any atom is -0.354 e. The highest BCUT2D eigenvalue weighted by Crippen LogP contribution is 2.15. The van der Waals surface area contributed by atoms with E-state index in [9.17, 15) is 0 Å². The van der Waals surface area contributed by atoms with Crippen LogP contribution in [-0.2, 0) is 0 Å². The van der Waals surface area contributed by atoms with Crippen molar-refractivity contribution < 1.29 is 0 Å². The molecule has 0 saturated heterocycles. The summed E-state index contributed by atoms with van der Waals surface area (Å²) in [6.07, 6.45) is 3.02. The molecule has 0 aliphatic rings. The van der Waals surface area contributed by atoms with Crippen LogP contribution in [0.25, 0.3) is 5.95 Å². The summed E-state index contributed by atoms with van der Waals surface area (Å²) < 4.78 is 1.53. The molecule has 0 aromatic carbocycles. The van der Waals surface area contributed by atoms with Gasteiger partial charge in [-0.1, -0.05) is 11.8 Å². The lowest BCUT2D eigenvalue weighted by molar-refractivity contribution is 0.437. The van der Waals surface area contributed by atoms with Crippen LogP contribution >= 0.6 is 11.8 Å². The average Bonchev–Trinajstić information content (AvgIpc) is 2.92. The number of hydrogen-bond acceptors (Lipinski definition) is 8. The van der Waals surface area contributed by atoms with Gasteiger partial charge in [-0.3, -0.25) is 0 Å². The van der Waals surface area contributed by atoms with Gasteiger partial charge in [0.2, 0.25) is 5.95 Å². The smallest absolute Gasteiger partial charge is 0.257 e. The number of thioether (sulfide) groups is 1. The standard InChI is InChI=1S/C11H18N8S/c1-4-13-9-15-10(19-8-12-7-14-19)17-11(16-9)20-6-5-18(2)3/h7-8H,4-6H2,1-3H3,(H,13,15,16,17). The molecule has 0 aliphatic carbocycles. The molecule has 20 heavy (non-hydrogen) atoms. The predicted octanol–water partition coefficient (Wildman–Crippen LogP) is 0.538. The largest absolute Gasteiger partial charge is 0.354 e. The quantitative estimate of drug-likeness (QED) is 0.741. The summed E-state index contributed by atoms with van der Waals surface area (Å²) in [5.74, 6) is 1.94. The summed E-state index contributed by atoms with van der Waals surface area (Å²) >= 11 is 1.59. The molecular formula is C11H18N8S. The van der Waals surface area contributed by atoms with Crippen LogP contribution in [0.2, 0.25) is 0 Å². The molecule has 108 valence electrons. The maximum absolute atomic E-state index is 4.40. The predicted molar refractivity (Wildman–Crippen MR) is 78.2 cm³/mol. The maximum Gasteiger partial charge on any atom is 0.257 e. The number of anilines is 1. The highest BCUT2D eigenvalue weighted by Gasteiger charge is 2.09. The molecule has 0 spiro atoms. The first-order chi connectivity index (χ1) is 9.69. The normalized spacial score (nSPS) is 11.0. The van der Waals surface area contributed by atoms with Gasteiger partial charge < -0.3 is 10.2 Å². The van der Waals surface area contributed by atoms with E-state index in [1.54, 1.807) is 18.1 Å². The van der Waals surface area contributed by atoms with Crippen molar-refractivity contribution in [2.45, 2.75) is 12.1 Å². The fourth-order valence-corrected chi connectivity index (χ4v) is 2.32. The number of hydrogen-bond donors (Lipinski definition) is 1. The third-order valence-corrected chi connectivity index (χ3v) is 3.16. The summed E-state index contributed by atoms with van der Waals surface area (Å²) in [5.41, 5.74) is 0. The van der Waals surface area contributed by atoms with E-state index in [1.165, 1.54) is 11.0 Å². The lowest BCUT2D eigenvalue weighted by Crippen LogP contribution is -2.15. The molecule has 8 nitrogen and oxygen atoms in total. The van der Waals surface area contributed by atoms with E-state index in [2.05, 4.69) is 35.3 Å². The average molecular weight is 294 g/mol. The molecule has 0 bridgehead atoms. The third kappa shape index (κ3) is 4.14. The first kappa shape index (κ1) is 14.7. The van der Waals surface area contributed by atoms with E-state index < -0.39 is 0 Å². The molecule has 9 heteroatoms. The highest BCUT2D eigenvalue weighted by atomic mass is 32.2. The van der Waals surface area contributed by atoms with E-state index in [-0.39, 0.29) is 0 Å². The second-order valence-corrected chi connectivity index (χ2v) is 5.33. The van der Waals surface area contributed by atoms with Crippen LogP contribution in [-0.4, -0.2) is 67.6 Å². The van der Waals surface area contributed by atoms with Crippen molar-refractivity contribution >= 4 is 17.7 Å². The maximum atomic E-state index is 4.40. The minimum atomic E-state index is 0.473. The van der Waals surface area contributed by atoms with Crippen LogP contribution in [0.1, 0.15) is 6.92 Å². The van der Waals surface area contributed by atoms with E-state index in [0.29, 0.717) is 17.1 Å². The van der Waals surface area contributed by atoms with Crippen molar-refractivity contribution in [2.75, 3.05) is 38.3 Å². The number of aromatic nitrogens is 6. The fourth-order valence-electron chi connectivity index (χ4n) is 1.38. The number of nitrogens with zero attached hydrogens (tertiary/aromatic N) is 7. The molecular weight excluding hydrogens is 276 g/mol. The Morgan fingerprint density at radius 1 is 1.30 bits per heavy atom. The van der Waals surface area contributed by atoms with Crippen molar-refractivity contribution in [3.63, 3.8) is 0 Å². The third-order valence-electron chi connectivity index (χ3n) is 2.33. The second-order valence-electron chi connectivity index (χ2n) is 4.26. The molecule has 0 unspecified atom stereocenters. The molecule has 2 aromatic heterocycles. The minimum absolute atomic E-state index is 0.473. The molecule has 0 saturated carbocycles. The lowest BCUT2D eigenvalue weighted by atomic mass is 10.7. The highest BCUT2D eigenvalue weighted by molar-refractivity contribution is 7.99. The lowest BCUT2D eigenvalue weighted by Gasteiger charge is -2.09. The topological polar surface area (TPSA) is 84.7 Å². The molecule has 2 aromatic rings. The van der Waals surface area contributed by atoms with Crippen LogP contribution < -0.4 is 5.32 Å². The monoisotopic (exact) mass is 294 g/mol. The Bertz CT molecular complexity index is 527. The summed E-state index contributed by atoms with van der Waals surface area (Å²) in [6, 6.07) is 0. The fraction of sp³-hybridized carbons (Fsp3) is 0.545. The first-order valence-corrected chi connectivity index (χ1v) is 7.30. The van der Waals surface area contributed by atoms with Crippen molar-refractivity contribution in [1.29, 1.82) is 0 Å². The summed E-state index contributed by atoms with van der Waals surface area (Å²) in [6.45, 7) is 3.71. The zero-order chi connectivity index (χ0) is 14.4. The second kappa shape index (κ2) is 7.15. The van der Waals surface area contributed by atoms with Crippen molar-refractivity contribution in [3.05, 3.63) is 12.7 Å². The number of nitrogens with one attached hydrogen (secondary N) is 1. The van der Waals surface area contributed by atoms with Crippen LogP contribution in [0.15, 0.2) is 17.8 Å². The molecule has 0 fully saturated rings. The van der Waals surface area contributed by atoms with Gasteiger partial charge in [0, 0.05) is 18.8 Å². The van der Waals surface area contributed by atoms with Gasteiger partial charge in [0.1, 0.15) is 12.7 Å². The van der Waals surface area contributed by atoms with Gasteiger partial charge in [-0.05, 0) is 21.0 Å². The van der Waals surface area contributed by atoms with Gasteiger partial charge in [0.05, 0.1) is 0 Å². The summed E-state index contributed by atoms with van der Waals surface area (Å²) in [4.78, 5) is 19.1. The van der Waals surface area contributed by atoms with E-state index >= 15 is 0 Å². The van der Waals surface area contributed by atoms with Gasteiger partial charge in [-0.2, -0.15) is 24.7 Å². The Hall–Kier alpha value is -1.74. The Morgan fingerprint density at radius 3 is 2.80 bits per heavy atom. The van der Waals surface area contributed by atoms with Gasteiger partial charge >= 0.3 is 0 Å². The van der Waals surface area contributed by atoms with Crippen LogP contribution in [0.3, 0.4) is 0 Å². The van der Waals surface area contributed by atoms with Crippen molar-refractivity contribution in [2.24, 2.45) is 0 Å². The summed E-state index contributed by atoms with van der Waals surface area (Å²) in [7, 11) is 4.08. The summed E-state index contributed by atoms with van der Waals surface area (Å²) in [5, 5.41) is 7.83. The molecule has 1 N–H and O–H groups in total. The Kier molecular flexibility index (Phi) is 5.24. The van der Waals surface area contributed by atoms with Crippen LogP contribution in [0.4, 0.5) is 5.95 Å². The first-order valence-electron chi connectivity index (χ1n) is 6.31. The van der Waals surface area contributed by atoms with Crippen molar-refractivity contribution in [3.8, 4) is 5.95 Å². The zero-order valence-electron chi connectivity index (χ0n) is 11.8. The van der Waals surface area contributed by atoms with Crippen LogP contribution in [0.5, 0.6) is 0 Å². The Balaban J connectivity index is 2.17. The Labute approximate surface area is 122 Å².